The van der Waals surface area contributed by atoms with Gasteiger partial charge >= 0.3 is 0 Å². The van der Waals surface area contributed by atoms with Crippen LogP contribution >= 0.6 is 27.7 Å². The fraction of sp³-hybridized carbons (Fsp3) is 0.304. The van der Waals surface area contributed by atoms with Crippen LogP contribution in [0.1, 0.15) is 39.0 Å². The Morgan fingerprint density at radius 3 is 2.65 bits per heavy atom. The maximum atomic E-state index is 13.1. The molecule has 8 heteroatoms. The topological polar surface area (TPSA) is 68.2 Å². The Labute approximate surface area is 194 Å². The Balaban J connectivity index is 1.90. The summed E-state index contributed by atoms with van der Waals surface area (Å²) in [6.07, 6.45) is -0.353. The first-order valence-corrected chi connectivity index (χ1v) is 12.0. The number of rotatable bonds is 5. The van der Waals surface area contributed by atoms with Crippen LogP contribution in [0.15, 0.2) is 58.2 Å². The maximum absolute atomic E-state index is 13.1. The third-order valence-corrected chi connectivity index (χ3v) is 6.79. The molecule has 6 nitrogen and oxygen atoms in total. The van der Waals surface area contributed by atoms with Gasteiger partial charge in [0.15, 0.2) is 5.69 Å². The summed E-state index contributed by atoms with van der Waals surface area (Å²) in [6.45, 7) is 6.14. The molecule has 0 saturated carbocycles. The third-order valence-electron chi connectivity index (χ3n) is 4.80. The summed E-state index contributed by atoms with van der Waals surface area (Å²) in [7, 11) is 0. The highest BCUT2D eigenvalue weighted by Gasteiger charge is 2.36. The quantitative estimate of drug-likeness (QED) is 0.408. The highest BCUT2D eigenvalue weighted by Crippen LogP contribution is 2.44. The minimum absolute atomic E-state index is 0.0524. The molecule has 0 spiro atoms. The highest BCUT2D eigenvalue weighted by atomic mass is 79.9. The van der Waals surface area contributed by atoms with E-state index in [2.05, 4.69) is 45.0 Å². The van der Waals surface area contributed by atoms with Crippen LogP contribution in [0, 0.1) is 5.92 Å². The normalized spacial score (nSPS) is 15.1. The van der Waals surface area contributed by atoms with Gasteiger partial charge < -0.3 is 4.74 Å². The molecule has 1 aliphatic rings. The number of hydrogen-bond acceptors (Lipinski definition) is 6. The van der Waals surface area contributed by atoms with Crippen molar-refractivity contribution in [2.75, 3.05) is 10.7 Å². The van der Waals surface area contributed by atoms with Gasteiger partial charge in [0, 0.05) is 27.8 Å². The molecular weight excluding hydrogens is 476 g/mol. The Hall–Kier alpha value is -2.45. The molecule has 2 heterocycles. The molecular formula is C23H23BrN4O2S. The smallest absolute Gasteiger partial charge is 0.247 e. The van der Waals surface area contributed by atoms with E-state index in [-0.39, 0.29) is 5.91 Å². The fourth-order valence-corrected chi connectivity index (χ4v) is 4.54. The van der Waals surface area contributed by atoms with Gasteiger partial charge in [-0.2, -0.15) is 4.98 Å². The van der Waals surface area contributed by atoms with Gasteiger partial charge in [-0.3, -0.25) is 9.69 Å². The molecule has 0 fully saturated rings. The summed E-state index contributed by atoms with van der Waals surface area (Å²) < 4.78 is 7.29. The molecule has 0 N–H and O–H groups in total. The summed E-state index contributed by atoms with van der Waals surface area (Å²) in [5, 5.41) is 9.34. The number of amides is 1. The molecule has 0 aliphatic carbocycles. The number of aromatic nitrogens is 3. The number of hydrogen-bond donors (Lipinski definition) is 0. The summed E-state index contributed by atoms with van der Waals surface area (Å²) in [5.41, 5.74) is 2.87. The largest absolute Gasteiger partial charge is 0.447 e. The molecule has 2 aromatic carbocycles. The van der Waals surface area contributed by atoms with Gasteiger partial charge in [-0.05, 0) is 18.1 Å². The average molecular weight is 499 g/mol. The fourth-order valence-electron chi connectivity index (χ4n) is 3.33. The van der Waals surface area contributed by atoms with Crippen molar-refractivity contribution in [3.8, 4) is 17.1 Å². The van der Waals surface area contributed by atoms with Gasteiger partial charge in [0.25, 0.3) is 0 Å². The number of thioether (sulfide) groups is 1. The predicted molar refractivity (Wildman–Crippen MR) is 126 cm³/mol. The molecule has 0 radical (unpaired) electrons. The number of nitrogens with zero attached hydrogens (tertiary/aromatic N) is 4. The molecule has 1 aliphatic heterocycles. The van der Waals surface area contributed by atoms with E-state index >= 15 is 0 Å². The molecule has 1 atom stereocenters. The van der Waals surface area contributed by atoms with Crippen molar-refractivity contribution >= 4 is 39.3 Å². The first kappa shape index (κ1) is 21.8. The van der Waals surface area contributed by atoms with Crippen molar-refractivity contribution in [3.05, 3.63) is 58.6 Å². The van der Waals surface area contributed by atoms with E-state index in [0.717, 1.165) is 27.0 Å². The standard InChI is InChI=1S/C23H23BrN4O2S/c1-4-19(29)28-18-12-8-6-10-16(18)20-21(25-23(27-26-20)31-13-14(2)3)30-22(28)15-9-5-7-11-17(15)24/h5-12,14,22H,4,13H2,1-3H3/t22-/m1/s1. The predicted octanol–water partition coefficient (Wildman–Crippen LogP) is 5.88. The van der Waals surface area contributed by atoms with Crippen molar-refractivity contribution in [2.45, 2.75) is 38.6 Å². The van der Waals surface area contributed by atoms with E-state index in [1.807, 2.05) is 55.5 Å². The van der Waals surface area contributed by atoms with Gasteiger partial charge in [-0.25, -0.2) is 0 Å². The minimum atomic E-state index is -0.690. The van der Waals surface area contributed by atoms with Crippen LogP contribution in [0.2, 0.25) is 0 Å². The Morgan fingerprint density at radius 1 is 1.16 bits per heavy atom. The highest BCUT2D eigenvalue weighted by molar-refractivity contribution is 9.10. The van der Waals surface area contributed by atoms with Gasteiger partial charge in [-0.15, -0.1) is 10.2 Å². The van der Waals surface area contributed by atoms with Crippen LogP contribution in [-0.2, 0) is 4.79 Å². The second-order valence-electron chi connectivity index (χ2n) is 7.58. The monoisotopic (exact) mass is 498 g/mol. The molecule has 31 heavy (non-hydrogen) atoms. The number of anilines is 1. The van der Waals surface area contributed by atoms with Crippen molar-refractivity contribution in [3.63, 3.8) is 0 Å². The number of carbonyl (C=O) groups is 1. The number of fused-ring (bicyclic) bond motifs is 3. The van der Waals surface area contributed by atoms with E-state index in [9.17, 15) is 4.79 Å². The van der Waals surface area contributed by atoms with Crippen LogP contribution < -0.4 is 9.64 Å². The van der Waals surface area contributed by atoms with Gasteiger partial charge in [0.2, 0.25) is 23.2 Å². The minimum Gasteiger partial charge on any atom is -0.447 e. The molecule has 0 unspecified atom stereocenters. The van der Waals surface area contributed by atoms with Crippen LogP contribution in [0.5, 0.6) is 5.88 Å². The Kier molecular flexibility index (Phi) is 6.57. The zero-order valence-corrected chi connectivity index (χ0v) is 20.0. The molecule has 1 aromatic heterocycles. The Morgan fingerprint density at radius 2 is 1.90 bits per heavy atom. The van der Waals surface area contributed by atoms with Crippen LogP contribution in [0.4, 0.5) is 5.69 Å². The molecule has 3 aromatic rings. The molecule has 4 rings (SSSR count). The molecule has 160 valence electrons. The third kappa shape index (κ3) is 4.45. The lowest BCUT2D eigenvalue weighted by Gasteiger charge is -2.31. The second kappa shape index (κ2) is 9.36. The van der Waals surface area contributed by atoms with Crippen LogP contribution in [0.25, 0.3) is 11.3 Å². The van der Waals surface area contributed by atoms with Gasteiger partial charge in [0.1, 0.15) is 0 Å². The van der Waals surface area contributed by atoms with Crippen LogP contribution in [-0.4, -0.2) is 26.8 Å². The van der Waals surface area contributed by atoms with Crippen molar-refractivity contribution < 1.29 is 9.53 Å². The maximum Gasteiger partial charge on any atom is 0.247 e. The van der Waals surface area contributed by atoms with E-state index in [1.165, 1.54) is 0 Å². The number of benzene rings is 2. The zero-order valence-electron chi connectivity index (χ0n) is 17.6. The lowest BCUT2D eigenvalue weighted by Crippen LogP contribution is -2.37. The van der Waals surface area contributed by atoms with Gasteiger partial charge in [-0.1, -0.05) is 84.9 Å². The van der Waals surface area contributed by atoms with Crippen molar-refractivity contribution in [2.24, 2.45) is 5.92 Å². The van der Waals surface area contributed by atoms with E-state index in [4.69, 9.17) is 4.74 Å². The summed E-state index contributed by atoms with van der Waals surface area (Å²) in [5.74, 6) is 1.70. The number of halogens is 1. The number of carbonyl (C=O) groups excluding carboxylic acids is 1. The van der Waals surface area contributed by atoms with E-state index < -0.39 is 6.23 Å². The van der Waals surface area contributed by atoms with Crippen LogP contribution in [0.3, 0.4) is 0 Å². The van der Waals surface area contributed by atoms with Gasteiger partial charge in [0.05, 0.1) is 5.69 Å². The summed E-state index contributed by atoms with van der Waals surface area (Å²) in [4.78, 5) is 19.5. The first-order chi connectivity index (χ1) is 15.0. The number of ether oxygens (including phenoxy) is 1. The average Bonchev–Trinajstić information content (AvgIpc) is 2.91. The van der Waals surface area contributed by atoms with Crippen molar-refractivity contribution in [1.82, 2.24) is 15.2 Å². The van der Waals surface area contributed by atoms with E-state index in [1.54, 1.807) is 16.7 Å². The second-order valence-corrected chi connectivity index (χ2v) is 9.42. The first-order valence-electron chi connectivity index (χ1n) is 10.2. The zero-order chi connectivity index (χ0) is 22.0. The molecule has 1 amide bonds. The van der Waals surface area contributed by atoms with E-state index in [0.29, 0.717) is 29.1 Å². The Bertz CT molecular complexity index is 1110. The molecule has 0 saturated heterocycles. The summed E-state index contributed by atoms with van der Waals surface area (Å²) in [6, 6.07) is 15.4. The van der Waals surface area contributed by atoms with Crippen molar-refractivity contribution in [1.29, 1.82) is 0 Å². The molecule has 0 bridgehead atoms. The summed E-state index contributed by atoms with van der Waals surface area (Å²) >= 11 is 5.17. The lowest BCUT2D eigenvalue weighted by atomic mass is 10.1. The SMILES string of the molecule is CCC(=O)N1c2ccccc2-c2nnc(SCC(C)C)nc2O[C@@H]1c1ccccc1Br. The number of para-hydroxylation sites is 1. The lowest BCUT2D eigenvalue weighted by molar-refractivity contribution is -0.120.